The first-order chi connectivity index (χ1) is 8.85. The second-order valence-corrected chi connectivity index (χ2v) is 6.06. The van der Waals surface area contributed by atoms with Crippen molar-refractivity contribution in [3.63, 3.8) is 0 Å². The molecule has 1 aromatic carbocycles. The molecule has 1 unspecified atom stereocenters. The molecule has 0 aromatic heterocycles. The van der Waals surface area contributed by atoms with Crippen LogP contribution < -0.4 is 11.1 Å². The summed E-state index contributed by atoms with van der Waals surface area (Å²) in [6, 6.07) is 2.41. The van der Waals surface area contributed by atoms with Crippen LogP contribution in [0.15, 0.2) is 16.6 Å². The van der Waals surface area contributed by atoms with Crippen LogP contribution in [0, 0.1) is 17.7 Å². The molecule has 0 aliphatic rings. The number of nitrogens with one attached hydrogen (secondary N) is 1. The van der Waals surface area contributed by atoms with Crippen molar-refractivity contribution in [3.05, 3.63) is 27.4 Å². The molecule has 106 valence electrons. The highest BCUT2D eigenvalue weighted by Crippen LogP contribution is 2.32. The van der Waals surface area contributed by atoms with E-state index in [9.17, 15) is 9.18 Å². The van der Waals surface area contributed by atoms with Crippen LogP contribution in [-0.4, -0.2) is 12.5 Å². The summed E-state index contributed by atoms with van der Waals surface area (Å²) in [7, 11) is 0. The van der Waals surface area contributed by atoms with Gasteiger partial charge < -0.3 is 11.1 Å². The molecule has 0 radical (unpaired) electrons. The number of halogens is 3. The topological polar surface area (TPSA) is 55.1 Å². The van der Waals surface area contributed by atoms with Crippen molar-refractivity contribution in [2.45, 2.75) is 20.3 Å². The number of hydrogen-bond donors (Lipinski definition) is 2. The average molecular weight is 352 g/mol. The third-order valence-electron chi connectivity index (χ3n) is 2.67. The van der Waals surface area contributed by atoms with Crippen molar-refractivity contribution < 1.29 is 9.18 Å². The molecule has 0 heterocycles. The third kappa shape index (κ3) is 4.75. The molecule has 6 heteroatoms. The molecule has 1 amide bonds. The van der Waals surface area contributed by atoms with Crippen LogP contribution in [0.3, 0.4) is 0 Å². The van der Waals surface area contributed by atoms with Crippen molar-refractivity contribution in [1.29, 1.82) is 0 Å². The van der Waals surface area contributed by atoms with Gasteiger partial charge in [0.15, 0.2) is 0 Å². The number of rotatable bonds is 5. The molecule has 0 aliphatic carbocycles. The number of carbonyl (C=O) groups excluding carboxylic acids is 1. The maximum atomic E-state index is 13.1. The van der Waals surface area contributed by atoms with Crippen LogP contribution in [0.25, 0.3) is 0 Å². The predicted molar refractivity (Wildman–Crippen MR) is 79.7 cm³/mol. The largest absolute Gasteiger partial charge is 0.330 e. The molecule has 1 rings (SSSR count). The van der Waals surface area contributed by atoms with Gasteiger partial charge in [-0.2, -0.15) is 0 Å². The lowest BCUT2D eigenvalue weighted by molar-refractivity contribution is -0.120. The Hall–Kier alpha value is -0.650. The van der Waals surface area contributed by atoms with Gasteiger partial charge in [-0.15, -0.1) is 0 Å². The fourth-order valence-electron chi connectivity index (χ4n) is 1.77. The molecular formula is C13H17BrClFN2O. The summed E-state index contributed by atoms with van der Waals surface area (Å²) in [4.78, 5) is 12.1. The first-order valence-electron chi connectivity index (χ1n) is 6.00. The molecule has 19 heavy (non-hydrogen) atoms. The summed E-state index contributed by atoms with van der Waals surface area (Å²) in [5.74, 6) is -0.586. The Morgan fingerprint density at radius 3 is 2.63 bits per heavy atom. The first kappa shape index (κ1) is 16.4. The lowest BCUT2D eigenvalue weighted by atomic mass is 9.96. The molecule has 0 saturated heterocycles. The SMILES string of the molecule is CC(C)CC(CN)C(=O)Nc1c(Cl)cc(F)cc1Br. The van der Waals surface area contributed by atoms with Gasteiger partial charge in [0.05, 0.1) is 16.6 Å². The number of nitrogens with two attached hydrogens (primary N) is 1. The minimum Gasteiger partial charge on any atom is -0.330 e. The van der Waals surface area contributed by atoms with Crippen molar-refractivity contribution in [3.8, 4) is 0 Å². The summed E-state index contributed by atoms with van der Waals surface area (Å²) in [6.45, 7) is 4.31. The van der Waals surface area contributed by atoms with E-state index in [-0.39, 0.29) is 23.4 Å². The highest BCUT2D eigenvalue weighted by Gasteiger charge is 2.20. The second kappa shape index (κ2) is 7.22. The number of anilines is 1. The predicted octanol–water partition coefficient (Wildman–Crippen LogP) is 3.80. The molecule has 0 aliphatic heterocycles. The summed E-state index contributed by atoms with van der Waals surface area (Å²) < 4.78 is 13.5. The Morgan fingerprint density at radius 2 is 2.16 bits per heavy atom. The van der Waals surface area contributed by atoms with Crippen LogP contribution in [0.2, 0.25) is 5.02 Å². The van der Waals surface area contributed by atoms with E-state index >= 15 is 0 Å². The number of benzene rings is 1. The molecule has 0 saturated carbocycles. The van der Waals surface area contributed by atoms with E-state index in [1.807, 2.05) is 13.8 Å². The van der Waals surface area contributed by atoms with E-state index in [1.54, 1.807) is 0 Å². The molecule has 0 bridgehead atoms. The summed E-state index contributed by atoms with van der Waals surface area (Å²) in [6.07, 6.45) is 0.693. The smallest absolute Gasteiger partial charge is 0.228 e. The van der Waals surface area contributed by atoms with Crippen LogP contribution in [0.5, 0.6) is 0 Å². The van der Waals surface area contributed by atoms with E-state index in [0.717, 1.165) is 6.07 Å². The Morgan fingerprint density at radius 1 is 1.53 bits per heavy atom. The van der Waals surface area contributed by atoms with E-state index < -0.39 is 5.82 Å². The molecule has 0 spiro atoms. The van der Waals surface area contributed by atoms with Crippen molar-refractivity contribution >= 4 is 39.1 Å². The lowest BCUT2D eigenvalue weighted by Crippen LogP contribution is -2.30. The minimum atomic E-state index is -0.465. The van der Waals surface area contributed by atoms with Gasteiger partial charge in [0.2, 0.25) is 5.91 Å². The van der Waals surface area contributed by atoms with Crippen LogP contribution >= 0.6 is 27.5 Å². The quantitative estimate of drug-likeness (QED) is 0.847. The Kier molecular flexibility index (Phi) is 6.23. The molecule has 3 N–H and O–H groups in total. The molecular weight excluding hydrogens is 335 g/mol. The average Bonchev–Trinajstić information content (AvgIpc) is 2.30. The van der Waals surface area contributed by atoms with Gasteiger partial charge in [0.25, 0.3) is 0 Å². The van der Waals surface area contributed by atoms with Crippen molar-refractivity contribution in [1.82, 2.24) is 0 Å². The van der Waals surface area contributed by atoms with Crippen molar-refractivity contribution in [2.75, 3.05) is 11.9 Å². The second-order valence-electron chi connectivity index (χ2n) is 4.80. The zero-order chi connectivity index (χ0) is 14.6. The minimum absolute atomic E-state index is 0.153. The normalized spacial score (nSPS) is 12.6. The van der Waals surface area contributed by atoms with Gasteiger partial charge in [-0.3, -0.25) is 4.79 Å². The van der Waals surface area contributed by atoms with E-state index in [2.05, 4.69) is 21.2 Å². The monoisotopic (exact) mass is 350 g/mol. The van der Waals surface area contributed by atoms with Gasteiger partial charge in [-0.05, 0) is 40.4 Å². The fraction of sp³-hybridized carbons (Fsp3) is 0.462. The summed E-state index contributed by atoms with van der Waals surface area (Å²) in [5.41, 5.74) is 5.98. The highest BCUT2D eigenvalue weighted by atomic mass is 79.9. The van der Waals surface area contributed by atoms with E-state index in [1.165, 1.54) is 6.07 Å². The van der Waals surface area contributed by atoms with E-state index in [4.69, 9.17) is 17.3 Å². The maximum absolute atomic E-state index is 13.1. The molecule has 1 aromatic rings. The van der Waals surface area contributed by atoms with Gasteiger partial charge >= 0.3 is 0 Å². The zero-order valence-electron chi connectivity index (χ0n) is 10.8. The molecule has 0 fully saturated rings. The van der Waals surface area contributed by atoms with Gasteiger partial charge in [0.1, 0.15) is 5.82 Å². The van der Waals surface area contributed by atoms with Gasteiger partial charge in [-0.25, -0.2) is 4.39 Å². The van der Waals surface area contributed by atoms with Gasteiger partial charge in [-0.1, -0.05) is 25.4 Å². The van der Waals surface area contributed by atoms with Crippen LogP contribution in [-0.2, 0) is 4.79 Å². The van der Waals surface area contributed by atoms with Gasteiger partial charge in [0, 0.05) is 11.0 Å². The maximum Gasteiger partial charge on any atom is 0.228 e. The van der Waals surface area contributed by atoms with E-state index in [0.29, 0.717) is 22.5 Å². The number of hydrogen-bond acceptors (Lipinski definition) is 2. The first-order valence-corrected chi connectivity index (χ1v) is 7.17. The number of carbonyl (C=O) groups is 1. The third-order valence-corrected chi connectivity index (χ3v) is 3.59. The highest BCUT2D eigenvalue weighted by molar-refractivity contribution is 9.10. The number of amides is 1. The summed E-state index contributed by atoms with van der Waals surface area (Å²) >= 11 is 9.09. The standard InChI is InChI=1S/C13H17BrClFN2O/c1-7(2)3-8(6-17)13(19)18-12-10(14)4-9(16)5-11(12)15/h4-5,7-8H,3,6,17H2,1-2H3,(H,18,19). The van der Waals surface area contributed by atoms with Crippen LogP contribution in [0.1, 0.15) is 20.3 Å². The van der Waals surface area contributed by atoms with Crippen molar-refractivity contribution in [2.24, 2.45) is 17.6 Å². The molecule has 3 nitrogen and oxygen atoms in total. The van der Waals surface area contributed by atoms with Crippen LogP contribution in [0.4, 0.5) is 10.1 Å². The zero-order valence-corrected chi connectivity index (χ0v) is 13.2. The Balaban J connectivity index is 2.87. The fourth-order valence-corrected chi connectivity index (χ4v) is 2.67. The Labute approximate surface area is 125 Å². The summed E-state index contributed by atoms with van der Waals surface area (Å²) in [5, 5.41) is 2.85. The lowest BCUT2D eigenvalue weighted by Gasteiger charge is -2.18. The Bertz CT molecular complexity index is 445. The molecule has 1 atom stereocenters.